The number of carbonyl (C=O) groups is 1. The minimum atomic E-state index is 0.00652. The van der Waals surface area contributed by atoms with Crippen molar-refractivity contribution in [2.45, 2.75) is 65.2 Å². The van der Waals surface area contributed by atoms with E-state index in [-0.39, 0.29) is 17.2 Å². The summed E-state index contributed by atoms with van der Waals surface area (Å²) in [7, 11) is 0. The Morgan fingerprint density at radius 2 is 1.82 bits per heavy atom. The van der Waals surface area contributed by atoms with Crippen LogP contribution >= 0.6 is 0 Å². The van der Waals surface area contributed by atoms with Crippen LogP contribution in [0, 0.1) is 5.92 Å². The SMILES string of the molecule is C=C(C)c1cc(-c2nnc(CCc3ccc(NC(=O)C4CCC4)cc3)o2)cc(C(C)(C)C)c1. The molecule has 4 rings (SSSR count). The zero-order valence-electron chi connectivity index (χ0n) is 20.1. The summed E-state index contributed by atoms with van der Waals surface area (Å²) in [6.07, 6.45) is 4.62. The van der Waals surface area contributed by atoms with Gasteiger partial charge in [0.2, 0.25) is 17.7 Å². The number of amides is 1. The zero-order valence-corrected chi connectivity index (χ0v) is 20.1. The van der Waals surface area contributed by atoms with Gasteiger partial charge in [-0.05, 0) is 72.6 Å². The van der Waals surface area contributed by atoms with Gasteiger partial charge in [0.05, 0.1) is 0 Å². The summed E-state index contributed by atoms with van der Waals surface area (Å²) >= 11 is 0. The Hall–Kier alpha value is -3.21. The third-order valence-electron chi connectivity index (χ3n) is 6.33. The maximum absolute atomic E-state index is 12.1. The molecule has 2 aromatic carbocycles. The first-order valence-corrected chi connectivity index (χ1v) is 11.7. The van der Waals surface area contributed by atoms with Gasteiger partial charge in [-0.25, -0.2) is 0 Å². The molecule has 5 nitrogen and oxygen atoms in total. The number of hydrogen-bond donors (Lipinski definition) is 1. The number of aromatic nitrogens is 2. The second-order valence-corrected chi connectivity index (χ2v) is 10.1. The molecule has 172 valence electrons. The molecule has 1 saturated carbocycles. The molecule has 0 radical (unpaired) electrons. The van der Waals surface area contributed by atoms with Crippen molar-refractivity contribution >= 4 is 17.2 Å². The lowest BCUT2D eigenvalue weighted by Gasteiger charge is -2.24. The van der Waals surface area contributed by atoms with E-state index in [2.05, 4.69) is 61.1 Å². The van der Waals surface area contributed by atoms with Crippen molar-refractivity contribution < 1.29 is 9.21 Å². The van der Waals surface area contributed by atoms with Gasteiger partial charge in [-0.3, -0.25) is 4.79 Å². The van der Waals surface area contributed by atoms with Gasteiger partial charge in [0.25, 0.3) is 0 Å². The van der Waals surface area contributed by atoms with Crippen molar-refractivity contribution in [3.05, 3.63) is 71.6 Å². The number of nitrogens with one attached hydrogen (secondary N) is 1. The van der Waals surface area contributed by atoms with Gasteiger partial charge in [-0.1, -0.05) is 57.5 Å². The maximum atomic E-state index is 12.1. The van der Waals surface area contributed by atoms with Crippen molar-refractivity contribution in [3.63, 3.8) is 0 Å². The van der Waals surface area contributed by atoms with Crippen molar-refractivity contribution in [2.75, 3.05) is 5.32 Å². The van der Waals surface area contributed by atoms with Crippen LogP contribution in [0.5, 0.6) is 0 Å². The van der Waals surface area contributed by atoms with E-state index in [1.165, 1.54) is 5.56 Å². The molecule has 0 bridgehead atoms. The number of anilines is 1. The fourth-order valence-corrected chi connectivity index (χ4v) is 3.82. The Balaban J connectivity index is 1.41. The van der Waals surface area contributed by atoms with Crippen LogP contribution in [0.4, 0.5) is 5.69 Å². The minimum Gasteiger partial charge on any atom is -0.421 e. The van der Waals surface area contributed by atoms with E-state index < -0.39 is 0 Å². The second kappa shape index (κ2) is 9.34. The first-order valence-electron chi connectivity index (χ1n) is 11.7. The first kappa shape index (κ1) is 23.0. The van der Waals surface area contributed by atoms with Crippen LogP contribution in [0.2, 0.25) is 0 Å². The zero-order chi connectivity index (χ0) is 23.6. The highest BCUT2D eigenvalue weighted by molar-refractivity contribution is 5.93. The van der Waals surface area contributed by atoms with Gasteiger partial charge in [-0.15, -0.1) is 10.2 Å². The Labute approximate surface area is 196 Å². The molecular formula is C28H33N3O2. The lowest BCUT2D eigenvalue weighted by atomic mass is 9.84. The topological polar surface area (TPSA) is 68.0 Å². The summed E-state index contributed by atoms with van der Waals surface area (Å²) in [4.78, 5) is 12.1. The van der Waals surface area contributed by atoms with E-state index in [0.29, 0.717) is 18.2 Å². The van der Waals surface area contributed by atoms with E-state index in [1.54, 1.807) is 0 Å². The molecular weight excluding hydrogens is 410 g/mol. The molecule has 0 spiro atoms. The molecule has 3 aromatic rings. The van der Waals surface area contributed by atoms with Crippen LogP contribution in [0.25, 0.3) is 17.0 Å². The molecule has 1 N–H and O–H groups in total. The first-order chi connectivity index (χ1) is 15.7. The molecule has 33 heavy (non-hydrogen) atoms. The number of nitrogens with zero attached hydrogens (tertiary/aromatic N) is 2. The quantitative estimate of drug-likeness (QED) is 0.447. The van der Waals surface area contributed by atoms with Crippen LogP contribution in [0.3, 0.4) is 0 Å². The Bertz CT molecular complexity index is 1150. The van der Waals surface area contributed by atoms with Crippen LogP contribution in [0.15, 0.2) is 53.5 Å². The number of carbonyl (C=O) groups excluding carboxylic acids is 1. The number of hydrogen-bond acceptors (Lipinski definition) is 4. The average molecular weight is 444 g/mol. The Kier molecular flexibility index (Phi) is 6.50. The molecule has 1 fully saturated rings. The highest BCUT2D eigenvalue weighted by atomic mass is 16.4. The van der Waals surface area contributed by atoms with Crippen molar-refractivity contribution in [1.82, 2.24) is 10.2 Å². The van der Waals surface area contributed by atoms with Crippen molar-refractivity contribution in [3.8, 4) is 11.5 Å². The van der Waals surface area contributed by atoms with Crippen molar-refractivity contribution in [1.29, 1.82) is 0 Å². The smallest absolute Gasteiger partial charge is 0.247 e. The molecule has 0 saturated heterocycles. The van der Waals surface area contributed by atoms with E-state index in [4.69, 9.17) is 4.42 Å². The summed E-state index contributed by atoms with van der Waals surface area (Å²) in [6, 6.07) is 14.4. The molecule has 0 atom stereocenters. The molecule has 1 aliphatic carbocycles. The Morgan fingerprint density at radius 1 is 1.09 bits per heavy atom. The number of rotatable bonds is 7. The van der Waals surface area contributed by atoms with Crippen molar-refractivity contribution in [2.24, 2.45) is 5.92 Å². The average Bonchev–Trinajstić information content (AvgIpc) is 3.20. The standard InChI is InChI=1S/C28H33N3O2/c1-18(2)21-15-22(17-23(16-21)28(3,4)5)27-31-30-25(33-27)14-11-19-9-12-24(13-10-19)29-26(32)20-7-6-8-20/h9-10,12-13,15-17,20H,1,6-8,11,14H2,2-5H3,(H,29,32). The lowest BCUT2D eigenvalue weighted by Crippen LogP contribution is -2.27. The molecule has 0 aliphatic heterocycles. The van der Waals surface area contributed by atoms with Gasteiger partial charge in [-0.2, -0.15) is 0 Å². The highest BCUT2D eigenvalue weighted by Crippen LogP contribution is 2.31. The fourth-order valence-electron chi connectivity index (χ4n) is 3.82. The predicted octanol–water partition coefficient (Wildman–Crippen LogP) is 6.59. The fraction of sp³-hybridized carbons (Fsp3) is 0.393. The van der Waals surface area contributed by atoms with Crippen LogP contribution in [0.1, 0.15) is 69.5 Å². The lowest BCUT2D eigenvalue weighted by molar-refractivity contribution is -0.122. The maximum Gasteiger partial charge on any atom is 0.247 e. The van der Waals surface area contributed by atoms with E-state index in [9.17, 15) is 4.79 Å². The summed E-state index contributed by atoms with van der Waals surface area (Å²) < 4.78 is 6.01. The van der Waals surface area contributed by atoms with E-state index in [1.807, 2.05) is 31.2 Å². The summed E-state index contributed by atoms with van der Waals surface area (Å²) in [5, 5.41) is 11.6. The second-order valence-electron chi connectivity index (χ2n) is 10.1. The van der Waals surface area contributed by atoms with Gasteiger partial charge in [0.15, 0.2) is 0 Å². The normalized spacial score (nSPS) is 14.1. The monoisotopic (exact) mass is 443 g/mol. The number of benzene rings is 2. The predicted molar refractivity (Wildman–Crippen MR) is 133 cm³/mol. The van der Waals surface area contributed by atoms with Gasteiger partial charge in [0, 0.05) is 23.6 Å². The van der Waals surface area contributed by atoms with Gasteiger partial charge in [0.1, 0.15) is 0 Å². The molecule has 1 heterocycles. The minimum absolute atomic E-state index is 0.00652. The summed E-state index contributed by atoms with van der Waals surface area (Å²) in [5.41, 5.74) is 6.24. The van der Waals surface area contributed by atoms with Gasteiger partial charge >= 0.3 is 0 Å². The highest BCUT2D eigenvalue weighted by Gasteiger charge is 2.25. The summed E-state index contributed by atoms with van der Waals surface area (Å²) in [6.45, 7) is 12.7. The number of allylic oxidation sites excluding steroid dienone is 1. The van der Waals surface area contributed by atoms with Crippen LogP contribution in [-0.4, -0.2) is 16.1 Å². The molecule has 5 heteroatoms. The number of aryl methyl sites for hydroxylation is 2. The van der Waals surface area contributed by atoms with Crippen LogP contribution < -0.4 is 5.32 Å². The van der Waals surface area contributed by atoms with Gasteiger partial charge < -0.3 is 9.73 Å². The largest absolute Gasteiger partial charge is 0.421 e. The van der Waals surface area contributed by atoms with E-state index >= 15 is 0 Å². The Morgan fingerprint density at radius 3 is 2.42 bits per heavy atom. The molecule has 1 amide bonds. The molecule has 1 aliphatic rings. The van der Waals surface area contributed by atoms with Crippen LogP contribution in [-0.2, 0) is 23.1 Å². The third-order valence-corrected chi connectivity index (χ3v) is 6.33. The third kappa shape index (κ3) is 5.59. The molecule has 1 aromatic heterocycles. The van der Waals surface area contributed by atoms with E-state index in [0.717, 1.165) is 53.6 Å². The summed E-state index contributed by atoms with van der Waals surface area (Å²) in [5.74, 6) is 1.47. The molecule has 0 unspecified atom stereocenters.